The minimum absolute atomic E-state index is 0.317. The Morgan fingerprint density at radius 1 is 1.06 bits per heavy atom. The van der Waals surface area contributed by atoms with Crippen LogP contribution in [0.4, 0.5) is 0 Å². The van der Waals surface area contributed by atoms with Crippen LogP contribution in [0.25, 0.3) is 0 Å². The minimum atomic E-state index is 0.317. The SMILES string of the molecule is CC(C)(C)N1CCC(OC2CCCNC2)CC1. The second-order valence-corrected chi connectivity index (χ2v) is 6.46. The Bertz CT molecular complexity index is 223. The number of piperidine rings is 2. The highest BCUT2D eigenvalue weighted by Gasteiger charge is 2.28. The lowest BCUT2D eigenvalue weighted by atomic mass is 9.99. The summed E-state index contributed by atoms with van der Waals surface area (Å²) < 4.78 is 6.20. The van der Waals surface area contributed by atoms with Gasteiger partial charge in [-0.3, -0.25) is 4.90 Å². The molecule has 0 amide bonds. The van der Waals surface area contributed by atoms with E-state index in [0.717, 1.165) is 6.54 Å². The van der Waals surface area contributed by atoms with Crippen LogP contribution in [-0.4, -0.2) is 48.8 Å². The fourth-order valence-electron chi connectivity index (χ4n) is 2.87. The van der Waals surface area contributed by atoms with Gasteiger partial charge in [-0.15, -0.1) is 0 Å². The first kappa shape index (κ1) is 13.3. The van der Waals surface area contributed by atoms with E-state index in [9.17, 15) is 0 Å². The molecular weight excluding hydrogens is 212 g/mol. The molecule has 0 aliphatic carbocycles. The monoisotopic (exact) mass is 240 g/mol. The van der Waals surface area contributed by atoms with Crippen LogP contribution in [-0.2, 0) is 4.74 Å². The van der Waals surface area contributed by atoms with Gasteiger partial charge < -0.3 is 10.1 Å². The number of likely N-dealkylation sites (tertiary alicyclic amines) is 1. The molecule has 0 saturated carbocycles. The largest absolute Gasteiger partial charge is 0.374 e. The van der Waals surface area contributed by atoms with Crippen molar-refractivity contribution in [1.29, 1.82) is 0 Å². The van der Waals surface area contributed by atoms with Crippen LogP contribution in [0.2, 0.25) is 0 Å². The van der Waals surface area contributed by atoms with Crippen molar-refractivity contribution in [1.82, 2.24) is 10.2 Å². The summed E-state index contributed by atoms with van der Waals surface area (Å²) in [6, 6.07) is 0. The number of nitrogens with zero attached hydrogens (tertiary/aromatic N) is 1. The van der Waals surface area contributed by atoms with Crippen LogP contribution in [0, 0.1) is 0 Å². The van der Waals surface area contributed by atoms with Crippen molar-refractivity contribution in [2.45, 2.75) is 64.2 Å². The van der Waals surface area contributed by atoms with Crippen LogP contribution in [0.15, 0.2) is 0 Å². The van der Waals surface area contributed by atoms with E-state index < -0.39 is 0 Å². The topological polar surface area (TPSA) is 24.5 Å². The summed E-state index contributed by atoms with van der Waals surface area (Å²) >= 11 is 0. The molecule has 2 heterocycles. The summed E-state index contributed by atoms with van der Waals surface area (Å²) in [6.07, 6.45) is 5.88. The summed E-state index contributed by atoms with van der Waals surface area (Å²) in [5.74, 6) is 0. The molecule has 1 unspecified atom stereocenters. The van der Waals surface area contributed by atoms with Gasteiger partial charge >= 0.3 is 0 Å². The van der Waals surface area contributed by atoms with Crippen LogP contribution in [0.3, 0.4) is 0 Å². The van der Waals surface area contributed by atoms with Crippen molar-refractivity contribution in [3.05, 3.63) is 0 Å². The van der Waals surface area contributed by atoms with Crippen molar-refractivity contribution >= 4 is 0 Å². The predicted molar refractivity (Wildman–Crippen MR) is 71.3 cm³/mol. The van der Waals surface area contributed by atoms with E-state index in [1.54, 1.807) is 0 Å². The molecule has 0 spiro atoms. The number of hydrogen-bond acceptors (Lipinski definition) is 3. The fraction of sp³-hybridized carbons (Fsp3) is 1.00. The van der Waals surface area contributed by atoms with Gasteiger partial charge in [0.1, 0.15) is 0 Å². The maximum Gasteiger partial charge on any atom is 0.0703 e. The van der Waals surface area contributed by atoms with Gasteiger partial charge in [-0.2, -0.15) is 0 Å². The van der Waals surface area contributed by atoms with Crippen molar-refractivity contribution in [3.63, 3.8) is 0 Å². The third-order valence-corrected chi connectivity index (χ3v) is 4.03. The molecule has 2 aliphatic rings. The van der Waals surface area contributed by atoms with E-state index >= 15 is 0 Å². The molecule has 3 heteroatoms. The number of hydrogen-bond donors (Lipinski definition) is 1. The van der Waals surface area contributed by atoms with Crippen molar-refractivity contribution < 1.29 is 4.74 Å². The Kier molecular flexibility index (Phi) is 4.45. The quantitative estimate of drug-likeness (QED) is 0.799. The first-order valence-corrected chi connectivity index (χ1v) is 7.17. The highest BCUT2D eigenvalue weighted by molar-refractivity contribution is 4.83. The van der Waals surface area contributed by atoms with E-state index in [1.165, 1.54) is 45.3 Å². The molecule has 2 saturated heterocycles. The Morgan fingerprint density at radius 3 is 2.29 bits per heavy atom. The maximum atomic E-state index is 6.20. The zero-order chi connectivity index (χ0) is 12.3. The zero-order valence-corrected chi connectivity index (χ0v) is 11.7. The molecule has 0 bridgehead atoms. The second-order valence-electron chi connectivity index (χ2n) is 6.46. The molecule has 1 N–H and O–H groups in total. The molecule has 0 aromatic carbocycles. The van der Waals surface area contributed by atoms with Gasteiger partial charge in [0.25, 0.3) is 0 Å². The summed E-state index contributed by atoms with van der Waals surface area (Å²) in [7, 11) is 0. The summed E-state index contributed by atoms with van der Waals surface area (Å²) in [5, 5.41) is 3.42. The molecule has 0 radical (unpaired) electrons. The van der Waals surface area contributed by atoms with E-state index in [2.05, 4.69) is 31.0 Å². The van der Waals surface area contributed by atoms with Gasteiger partial charge in [0.2, 0.25) is 0 Å². The molecule has 0 aromatic heterocycles. The van der Waals surface area contributed by atoms with Gasteiger partial charge in [-0.05, 0) is 53.0 Å². The lowest BCUT2D eigenvalue weighted by molar-refractivity contribution is -0.0602. The smallest absolute Gasteiger partial charge is 0.0703 e. The van der Waals surface area contributed by atoms with Crippen LogP contribution in [0.5, 0.6) is 0 Å². The summed E-state index contributed by atoms with van der Waals surface area (Å²) in [5.41, 5.74) is 0.317. The highest BCUT2D eigenvalue weighted by Crippen LogP contribution is 2.23. The number of nitrogens with one attached hydrogen (secondary N) is 1. The molecule has 3 nitrogen and oxygen atoms in total. The second kappa shape index (κ2) is 5.68. The molecule has 1 atom stereocenters. The lowest BCUT2D eigenvalue weighted by Gasteiger charge is -2.41. The Labute approximate surface area is 106 Å². The van der Waals surface area contributed by atoms with Crippen LogP contribution in [0.1, 0.15) is 46.5 Å². The zero-order valence-electron chi connectivity index (χ0n) is 11.7. The Morgan fingerprint density at radius 2 is 1.76 bits per heavy atom. The Hall–Kier alpha value is -0.120. The average molecular weight is 240 g/mol. The molecule has 100 valence electrons. The van der Waals surface area contributed by atoms with E-state index in [-0.39, 0.29) is 0 Å². The third kappa shape index (κ3) is 3.94. The van der Waals surface area contributed by atoms with Gasteiger partial charge in [0.15, 0.2) is 0 Å². The number of rotatable bonds is 2. The normalized spacial score (nSPS) is 29.5. The summed E-state index contributed by atoms with van der Waals surface area (Å²) in [4.78, 5) is 2.58. The molecule has 17 heavy (non-hydrogen) atoms. The standard InChI is InChI=1S/C14H28N2O/c1-14(2,3)16-9-6-12(7-10-16)17-13-5-4-8-15-11-13/h12-13,15H,4-11H2,1-3H3. The van der Waals surface area contributed by atoms with Crippen molar-refractivity contribution in [2.24, 2.45) is 0 Å². The lowest BCUT2D eigenvalue weighted by Crippen LogP contribution is -2.48. The van der Waals surface area contributed by atoms with Gasteiger partial charge in [0.05, 0.1) is 12.2 Å². The predicted octanol–water partition coefficient (Wildman–Crippen LogP) is 2.02. The van der Waals surface area contributed by atoms with Crippen molar-refractivity contribution in [3.8, 4) is 0 Å². The fourth-order valence-corrected chi connectivity index (χ4v) is 2.87. The van der Waals surface area contributed by atoms with Crippen LogP contribution < -0.4 is 5.32 Å². The van der Waals surface area contributed by atoms with Gasteiger partial charge in [0, 0.05) is 25.2 Å². The van der Waals surface area contributed by atoms with E-state index in [0.29, 0.717) is 17.7 Å². The summed E-state index contributed by atoms with van der Waals surface area (Å²) in [6.45, 7) is 11.5. The average Bonchev–Trinajstić information content (AvgIpc) is 2.30. The first-order chi connectivity index (χ1) is 8.05. The molecule has 2 rings (SSSR count). The first-order valence-electron chi connectivity index (χ1n) is 7.17. The molecule has 2 aliphatic heterocycles. The minimum Gasteiger partial charge on any atom is -0.374 e. The maximum absolute atomic E-state index is 6.20. The van der Waals surface area contributed by atoms with Gasteiger partial charge in [-0.1, -0.05) is 0 Å². The van der Waals surface area contributed by atoms with Gasteiger partial charge in [-0.25, -0.2) is 0 Å². The number of ether oxygens (including phenoxy) is 1. The van der Waals surface area contributed by atoms with E-state index in [1.807, 2.05) is 0 Å². The highest BCUT2D eigenvalue weighted by atomic mass is 16.5. The molecule has 2 fully saturated rings. The Balaban J connectivity index is 1.71. The molecule has 0 aromatic rings. The molecular formula is C14H28N2O. The third-order valence-electron chi connectivity index (χ3n) is 4.03. The van der Waals surface area contributed by atoms with E-state index in [4.69, 9.17) is 4.74 Å². The van der Waals surface area contributed by atoms with Crippen molar-refractivity contribution in [2.75, 3.05) is 26.2 Å². The van der Waals surface area contributed by atoms with Crippen LogP contribution >= 0.6 is 0 Å².